The van der Waals surface area contributed by atoms with Gasteiger partial charge in [-0.3, -0.25) is 11.3 Å². The molecule has 1 atom stereocenters. The molecule has 0 fully saturated rings. The minimum absolute atomic E-state index is 0.0150. The van der Waals surface area contributed by atoms with E-state index >= 15 is 0 Å². The molecule has 0 aliphatic heterocycles. The summed E-state index contributed by atoms with van der Waals surface area (Å²) in [6.07, 6.45) is 3.38. The van der Waals surface area contributed by atoms with E-state index in [-0.39, 0.29) is 6.04 Å². The molecule has 1 aromatic rings. The van der Waals surface area contributed by atoms with E-state index in [9.17, 15) is 0 Å². The molecule has 54 valence electrons. The average Bonchev–Trinajstić information content (AvgIpc) is 2.05. The van der Waals surface area contributed by atoms with Gasteiger partial charge in [-0.25, -0.2) is 9.97 Å². The summed E-state index contributed by atoms with van der Waals surface area (Å²) in [5.74, 6) is 5.89. The summed E-state index contributed by atoms with van der Waals surface area (Å²) < 4.78 is 0. The molecule has 0 aliphatic carbocycles. The summed E-state index contributed by atoms with van der Waals surface area (Å²) in [6.45, 7) is 1.90. The zero-order chi connectivity index (χ0) is 7.40. The molecular formula is C6H10N4. The molecule has 0 amide bonds. The number of nitrogens with zero attached hydrogens (tertiary/aromatic N) is 2. The van der Waals surface area contributed by atoms with E-state index in [0.717, 1.165) is 0 Å². The van der Waals surface area contributed by atoms with Crippen LogP contribution in [0.3, 0.4) is 0 Å². The lowest BCUT2D eigenvalue weighted by atomic mass is 10.3. The molecule has 4 heteroatoms. The molecule has 0 aromatic carbocycles. The van der Waals surface area contributed by atoms with Crippen LogP contribution in [0, 0.1) is 0 Å². The van der Waals surface area contributed by atoms with Gasteiger partial charge in [0.15, 0.2) is 0 Å². The van der Waals surface area contributed by atoms with E-state index in [1.807, 2.05) is 6.92 Å². The second kappa shape index (κ2) is 3.24. The number of nitrogens with two attached hydrogens (primary N) is 1. The maximum absolute atomic E-state index is 5.17. The molecule has 3 N–H and O–H groups in total. The molecule has 0 radical (unpaired) electrons. The van der Waals surface area contributed by atoms with E-state index in [1.54, 1.807) is 18.5 Å². The van der Waals surface area contributed by atoms with Gasteiger partial charge in [0.1, 0.15) is 5.82 Å². The van der Waals surface area contributed by atoms with Crippen LogP contribution in [0.5, 0.6) is 0 Å². The molecule has 1 unspecified atom stereocenters. The summed E-state index contributed by atoms with van der Waals surface area (Å²) in [5.41, 5.74) is 2.56. The van der Waals surface area contributed by atoms with Crippen molar-refractivity contribution in [2.75, 3.05) is 0 Å². The Hall–Kier alpha value is -1.00. The summed E-state index contributed by atoms with van der Waals surface area (Å²) in [5, 5.41) is 0. The highest BCUT2D eigenvalue weighted by molar-refractivity contribution is 4.92. The predicted molar refractivity (Wildman–Crippen MR) is 37.8 cm³/mol. The van der Waals surface area contributed by atoms with E-state index in [4.69, 9.17) is 5.84 Å². The van der Waals surface area contributed by atoms with Gasteiger partial charge in [0.05, 0.1) is 6.04 Å². The average molecular weight is 138 g/mol. The maximum atomic E-state index is 5.17. The molecule has 1 rings (SSSR count). The number of hydrogen-bond donors (Lipinski definition) is 2. The highest BCUT2D eigenvalue weighted by Gasteiger charge is 2.02. The smallest absolute Gasteiger partial charge is 0.146 e. The molecule has 0 saturated heterocycles. The third-order valence-corrected chi connectivity index (χ3v) is 1.22. The monoisotopic (exact) mass is 138 g/mol. The molecule has 0 aliphatic rings. The first kappa shape index (κ1) is 7.11. The zero-order valence-corrected chi connectivity index (χ0v) is 5.78. The van der Waals surface area contributed by atoms with Gasteiger partial charge in [0, 0.05) is 12.4 Å². The van der Waals surface area contributed by atoms with Crippen LogP contribution in [0.25, 0.3) is 0 Å². The molecule has 1 heterocycles. The van der Waals surface area contributed by atoms with Gasteiger partial charge >= 0.3 is 0 Å². The van der Waals surface area contributed by atoms with Gasteiger partial charge in [-0.2, -0.15) is 0 Å². The van der Waals surface area contributed by atoms with E-state index < -0.39 is 0 Å². The van der Waals surface area contributed by atoms with Crippen molar-refractivity contribution < 1.29 is 0 Å². The van der Waals surface area contributed by atoms with Crippen LogP contribution in [-0.2, 0) is 0 Å². The summed E-state index contributed by atoms with van der Waals surface area (Å²) in [4.78, 5) is 7.99. The Kier molecular flexibility index (Phi) is 2.30. The fourth-order valence-corrected chi connectivity index (χ4v) is 0.609. The van der Waals surface area contributed by atoms with E-state index in [1.165, 1.54) is 0 Å². The molecule has 10 heavy (non-hydrogen) atoms. The fourth-order valence-electron chi connectivity index (χ4n) is 0.609. The standard InChI is InChI=1S/C6H10N4/c1-5(10-7)6-8-3-2-4-9-6/h2-5,10H,7H2,1H3. The van der Waals surface area contributed by atoms with E-state index in [0.29, 0.717) is 5.82 Å². The summed E-state index contributed by atoms with van der Waals surface area (Å²) >= 11 is 0. The Bertz CT molecular complexity index is 186. The number of hydrazine groups is 1. The SMILES string of the molecule is CC(NN)c1ncccn1. The Morgan fingerprint density at radius 1 is 1.50 bits per heavy atom. The van der Waals surface area contributed by atoms with Gasteiger partial charge in [-0.15, -0.1) is 0 Å². The summed E-state index contributed by atoms with van der Waals surface area (Å²) in [6, 6.07) is 1.79. The summed E-state index contributed by atoms with van der Waals surface area (Å²) in [7, 11) is 0. The van der Waals surface area contributed by atoms with Gasteiger partial charge in [0.25, 0.3) is 0 Å². The van der Waals surface area contributed by atoms with Crippen molar-refractivity contribution in [3.8, 4) is 0 Å². The molecule has 0 bridgehead atoms. The molecule has 1 aromatic heterocycles. The third kappa shape index (κ3) is 1.49. The highest BCUT2D eigenvalue weighted by Crippen LogP contribution is 2.00. The van der Waals surface area contributed by atoms with Crippen molar-refractivity contribution in [2.24, 2.45) is 5.84 Å². The Morgan fingerprint density at radius 3 is 2.60 bits per heavy atom. The molecule has 4 nitrogen and oxygen atoms in total. The number of hydrogen-bond acceptors (Lipinski definition) is 4. The van der Waals surface area contributed by atoms with Crippen molar-refractivity contribution in [3.63, 3.8) is 0 Å². The van der Waals surface area contributed by atoms with Gasteiger partial charge in [0.2, 0.25) is 0 Å². The van der Waals surface area contributed by atoms with Crippen molar-refractivity contribution in [1.29, 1.82) is 0 Å². The van der Waals surface area contributed by atoms with Crippen LogP contribution in [-0.4, -0.2) is 9.97 Å². The number of nitrogens with one attached hydrogen (secondary N) is 1. The Labute approximate surface area is 59.5 Å². The van der Waals surface area contributed by atoms with Crippen LogP contribution in [0.4, 0.5) is 0 Å². The minimum Gasteiger partial charge on any atom is -0.271 e. The first-order valence-corrected chi connectivity index (χ1v) is 3.07. The topological polar surface area (TPSA) is 63.8 Å². The second-order valence-electron chi connectivity index (χ2n) is 2.00. The van der Waals surface area contributed by atoms with Crippen molar-refractivity contribution in [1.82, 2.24) is 15.4 Å². The molecular weight excluding hydrogens is 128 g/mol. The van der Waals surface area contributed by atoms with Crippen LogP contribution in [0.1, 0.15) is 18.8 Å². The second-order valence-corrected chi connectivity index (χ2v) is 2.00. The van der Waals surface area contributed by atoms with E-state index in [2.05, 4.69) is 15.4 Å². The molecule has 0 spiro atoms. The van der Waals surface area contributed by atoms with Crippen LogP contribution in [0.2, 0.25) is 0 Å². The fraction of sp³-hybridized carbons (Fsp3) is 0.333. The van der Waals surface area contributed by atoms with Gasteiger partial charge in [-0.1, -0.05) is 0 Å². The predicted octanol–water partition coefficient (Wildman–Crippen LogP) is 0.000900. The number of rotatable bonds is 2. The minimum atomic E-state index is 0.0150. The lowest BCUT2D eigenvalue weighted by molar-refractivity contribution is 0.569. The van der Waals surface area contributed by atoms with Gasteiger partial charge in [-0.05, 0) is 13.0 Å². The first-order valence-electron chi connectivity index (χ1n) is 3.07. The van der Waals surface area contributed by atoms with Gasteiger partial charge < -0.3 is 0 Å². The quantitative estimate of drug-likeness (QED) is 0.446. The number of aromatic nitrogens is 2. The lowest BCUT2D eigenvalue weighted by Gasteiger charge is -2.05. The highest BCUT2D eigenvalue weighted by atomic mass is 15.2. The van der Waals surface area contributed by atoms with Crippen LogP contribution >= 0.6 is 0 Å². The Balaban J connectivity index is 2.75. The third-order valence-electron chi connectivity index (χ3n) is 1.22. The largest absolute Gasteiger partial charge is 0.271 e. The van der Waals surface area contributed by atoms with Crippen molar-refractivity contribution >= 4 is 0 Å². The van der Waals surface area contributed by atoms with Crippen LogP contribution in [0.15, 0.2) is 18.5 Å². The maximum Gasteiger partial charge on any atom is 0.146 e. The first-order chi connectivity index (χ1) is 4.84. The van der Waals surface area contributed by atoms with Crippen molar-refractivity contribution in [3.05, 3.63) is 24.3 Å². The van der Waals surface area contributed by atoms with Crippen molar-refractivity contribution in [2.45, 2.75) is 13.0 Å². The lowest BCUT2D eigenvalue weighted by Crippen LogP contribution is -2.26. The van der Waals surface area contributed by atoms with Crippen LogP contribution < -0.4 is 11.3 Å². The zero-order valence-electron chi connectivity index (χ0n) is 5.78. The molecule has 0 saturated carbocycles. The Morgan fingerprint density at radius 2 is 2.10 bits per heavy atom. The normalized spacial score (nSPS) is 13.0.